The molecule has 0 radical (unpaired) electrons. The third-order valence-electron chi connectivity index (χ3n) is 5.93. The van der Waals surface area contributed by atoms with Gasteiger partial charge in [-0.1, -0.05) is 98.3 Å². The predicted molar refractivity (Wildman–Crippen MR) is 131 cm³/mol. The van der Waals surface area contributed by atoms with E-state index in [-0.39, 0.29) is 6.71 Å². The Bertz CT molecular complexity index is 1110. The number of hydrogen-bond donors (Lipinski definition) is 0. The van der Waals surface area contributed by atoms with Gasteiger partial charge in [-0.2, -0.15) is 8.75 Å². The predicted octanol–water partition coefficient (Wildman–Crippen LogP) is 4.57. The molecule has 0 bridgehead atoms. The second kappa shape index (κ2) is 8.19. The highest BCUT2D eigenvalue weighted by atomic mass is 32.1. The van der Waals surface area contributed by atoms with Gasteiger partial charge in [-0.3, -0.25) is 0 Å². The summed E-state index contributed by atoms with van der Waals surface area (Å²) in [6.45, 7) is 13.5. The average molecular weight is 410 g/mol. The average Bonchev–Trinajstić information content (AvgIpc) is 3.20. The molecule has 0 aliphatic rings. The Morgan fingerprint density at radius 3 is 1.70 bits per heavy atom. The molecule has 0 N–H and O–H groups in total. The zero-order valence-corrected chi connectivity index (χ0v) is 19.4. The molecule has 2 nitrogen and oxygen atoms in total. The van der Waals surface area contributed by atoms with Crippen LogP contribution in [0.25, 0.3) is 11.3 Å². The van der Waals surface area contributed by atoms with Crippen LogP contribution in [0, 0.1) is 41.5 Å². The molecule has 0 aliphatic carbocycles. The molecule has 0 amide bonds. The molecule has 4 aromatic rings. The van der Waals surface area contributed by atoms with Gasteiger partial charge in [0.25, 0.3) is 0 Å². The number of benzene rings is 3. The van der Waals surface area contributed by atoms with Gasteiger partial charge in [0, 0.05) is 5.56 Å². The quantitative estimate of drug-likeness (QED) is 0.461. The second-order valence-electron chi connectivity index (χ2n) is 8.48. The maximum absolute atomic E-state index is 4.46. The molecule has 0 aliphatic heterocycles. The van der Waals surface area contributed by atoms with Crippen LogP contribution in [0.2, 0.25) is 0 Å². The molecule has 0 unspecified atom stereocenters. The summed E-state index contributed by atoms with van der Waals surface area (Å²) in [5, 5.41) is 0. The van der Waals surface area contributed by atoms with E-state index >= 15 is 0 Å². The number of rotatable bonds is 4. The van der Waals surface area contributed by atoms with Crippen molar-refractivity contribution in [2.75, 3.05) is 0 Å². The van der Waals surface area contributed by atoms with Crippen LogP contribution in [0.4, 0.5) is 0 Å². The molecule has 0 fully saturated rings. The third-order valence-corrected chi connectivity index (χ3v) is 6.41. The molecule has 0 spiro atoms. The second-order valence-corrected chi connectivity index (χ2v) is 9.03. The molecule has 4 rings (SSSR count). The SMILES string of the molecule is Cc1cc(C)c(B(c2cccc(-c3cnsn3)c2)c2c(C)cc(C)cc2C)c(C)c1. The van der Waals surface area contributed by atoms with Gasteiger partial charge in [0.05, 0.1) is 17.9 Å². The minimum absolute atomic E-state index is 0.178. The molecule has 0 saturated carbocycles. The number of nitrogens with zero attached hydrogens (tertiary/aromatic N) is 2. The van der Waals surface area contributed by atoms with Gasteiger partial charge < -0.3 is 0 Å². The largest absolute Gasteiger partial charge is 0.242 e. The fraction of sp³-hybridized carbons (Fsp3) is 0.231. The highest BCUT2D eigenvalue weighted by Gasteiger charge is 2.28. The lowest BCUT2D eigenvalue weighted by Crippen LogP contribution is -2.55. The van der Waals surface area contributed by atoms with Gasteiger partial charge in [0.15, 0.2) is 0 Å². The van der Waals surface area contributed by atoms with Gasteiger partial charge in [0.2, 0.25) is 6.71 Å². The zero-order valence-electron chi connectivity index (χ0n) is 18.6. The lowest BCUT2D eigenvalue weighted by molar-refractivity contribution is 1.34. The van der Waals surface area contributed by atoms with E-state index < -0.39 is 0 Å². The topological polar surface area (TPSA) is 25.8 Å². The lowest BCUT2D eigenvalue weighted by atomic mass is 9.34. The first-order valence-electron chi connectivity index (χ1n) is 10.4. The van der Waals surface area contributed by atoms with E-state index in [0.29, 0.717) is 0 Å². The van der Waals surface area contributed by atoms with Crippen molar-refractivity contribution in [2.24, 2.45) is 0 Å². The van der Waals surface area contributed by atoms with E-state index in [2.05, 4.69) is 98.8 Å². The fourth-order valence-corrected chi connectivity index (χ4v) is 5.37. The van der Waals surface area contributed by atoms with Crippen molar-refractivity contribution in [3.8, 4) is 11.3 Å². The molecule has 0 saturated heterocycles. The van der Waals surface area contributed by atoms with Crippen molar-refractivity contribution in [1.82, 2.24) is 8.75 Å². The minimum Gasteiger partial charge on any atom is -0.181 e. The first-order valence-corrected chi connectivity index (χ1v) is 11.1. The molecule has 1 heterocycles. The number of hydrogen-bond acceptors (Lipinski definition) is 3. The van der Waals surface area contributed by atoms with E-state index in [0.717, 1.165) is 11.3 Å². The highest BCUT2D eigenvalue weighted by molar-refractivity contribution is 6.99. The number of aromatic nitrogens is 2. The smallest absolute Gasteiger partial charge is 0.181 e. The van der Waals surface area contributed by atoms with Crippen LogP contribution in [-0.4, -0.2) is 15.5 Å². The Labute approximate surface area is 184 Å². The van der Waals surface area contributed by atoms with Crippen LogP contribution < -0.4 is 16.4 Å². The van der Waals surface area contributed by atoms with Crippen LogP contribution in [0.5, 0.6) is 0 Å². The molecular formula is C26H27BN2S. The van der Waals surface area contributed by atoms with Gasteiger partial charge in [-0.25, -0.2) is 0 Å². The van der Waals surface area contributed by atoms with Crippen LogP contribution in [0.1, 0.15) is 33.4 Å². The van der Waals surface area contributed by atoms with E-state index in [9.17, 15) is 0 Å². The first-order chi connectivity index (χ1) is 14.3. The van der Waals surface area contributed by atoms with Crippen LogP contribution in [0.15, 0.2) is 54.7 Å². The molecule has 3 aromatic carbocycles. The Balaban J connectivity index is 2.00. The maximum atomic E-state index is 4.46. The standard InChI is InChI=1S/C26H27BN2S/c1-16-10-18(3)25(19(4)11-16)27(26-20(5)12-17(2)13-21(26)6)23-9-7-8-22(14-23)24-15-28-30-29-24/h7-15H,1-6H3. The van der Waals surface area contributed by atoms with E-state index in [1.54, 1.807) is 0 Å². The Morgan fingerprint density at radius 2 is 1.23 bits per heavy atom. The Kier molecular flexibility index (Phi) is 5.61. The summed E-state index contributed by atoms with van der Waals surface area (Å²) in [6.07, 6.45) is 1.85. The van der Waals surface area contributed by atoms with E-state index in [1.165, 1.54) is 61.5 Å². The van der Waals surface area contributed by atoms with Gasteiger partial charge in [-0.05, 0) is 41.5 Å². The van der Waals surface area contributed by atoms with Crippen molar-refractivity contribution in [3.63, 3.8) is 0 Å². The van der Waals surface area contributed by atoms with Crippen molar-refractivity contribution in [3.05, 3.63) is 88.1 Å². The van der Waals surface area contributed by atoms with Crippen molar-refractivity contribution < 1.29 is 0 Å². The van der Waals surface area contributed by atoms with Crippen molar-refractivity contribution in [2.45, 2.75) is 41.5 Å². The van der Waals surface area contributed by atoms with Crippen LogP contribution in [0.3, 0.4) is 0 Å². The monoisotopic (exact) mass is 410 g/mol. The summed E-state index contributed by atoms with van der Waals surface area (Å²) < 4.78 is 8.65. The van der Waals surface area contributed by atoms with Crippen molar-refractivity contribution in [1.29, 1.82) is 0 Å². The minimum atomic E-state index is 0.178. The summed E-state index contributed by atoms with van der Waals surface area (Å²) in [7, 11) is 0. The van der Waals surface area contributed by atoms with Crippen LogP contribution >= 0.6 is 11.7 Å². The van der Waals surface area contributed by atoms with Crippen molar-refractivity contribution >= 4 is 34.8 Å². The Hall–Kier alpha value is -2.72. The summed E-state index contributed by atoms with van der Waals surface area (Å²) in [4.78, 5) is 0. The van der Waals surface area contributed by atoms with Gasteiger partial charge >= 0.3 is 0 Å². The summed E-state index contributed by atoms with van der Waals surface area (Å²) in [5.74, 6) is 0. The molecule has 0 atom stereocenters. The molecule has 30 heavy (non-hydrogen) atoms. The van der Waals surface area contributed by atoms with Gasteiger partial charge in [-0.15, -0.1) is 0 Å². The maximum Gasteiger partial charge on any atom is 0.242 e. The molecule has 4 heteroatoms. The zero-order chi connectivity index (χ0) is 21.4. The Morgan fingerprint density at radius 1 is 0.700 bits per heavy atom. The summed E-state index contributed by atoms with van der Waals surface area (Å²) in [6, 6.07) is 18.1. The van der Waals surface area contributed by atoms with Gasteiger partial charge in [0.1, 0.15) is 5.69 Å². The summed E-state index contributed by atoms with van der Waals surface area (Å²) >= 11 is 1.25. The van der Waals surface area contributed by atoms with E-state index in [4.69, 9.17) is 0 Å². The third kappa shape index (κ3) is 3.84. The lowest BCUT2D eigenvalue weighted by Gasteiger charge is -2.25. The first kappa shape index (κ1) is 20.6. The van der Waals surface area contributed by atoms with Crippen LogP contribution in [-0.2, 0) is 0 Å². The number of aryl methyl sites for hydroxylation is 6. The van der Waals surface area contributed by atoms with E-state index in [1.807, 2.05) is 6.20 Å². The fourth-order valence-electron chi connectivity index (χ4n) is 4.94. The summed E-state index contributed by atoms with van der Waals surface area (Å²) in [5.41, 5.74) is 14.2. The normalized spacial score (nSPS) is 11.0. The molecular weight excluding hydrogens is 383 g/mol. The highest BCUT2D eigenvalue weighted by Crippen LogP contribution is 2.17. The molecule has 150 valence electrons. The molecule has 1 aromatic heterocycles.